The van der Waals surface area contributed by atoms with Crippen molar-refractivity contribution in [3.8, 4) is 0 Å². The van der Waals surface area contributed by atoms with Crippen LogP contribution in [0.2, 0.25) is 0 Å². The number of hydrogen-bond acceptors (Lipinski definition) is 3. The quantitative estimate of drug-likeness (QED) is 0.909. The first-order chi connectivity index (χ1) is 8.28. The van der Waals surface area contributed by atoms with Gasteiger partial charge in [-0.25, -0.2) is 0 Å². The second-order valence-corrected chi connectivity index (χ2v) is 5.11. The molecule has 3 nitrogen and oxygen atoms in total. The molecule has 1 aliphatic rings. The molecule has 1 saturated heterocycles. The minimum atomic E-state index is 0. The summed E-state index contributed by atoms with van der Waals surface area (Å²) < 4.78 is 0. The first-order valence-electron chi connectivity index (χ1n) is 6.56. The third-order valence-electron chi connectivity index (χ3n) is 3.47. The van der Waals surface area contributed by atoms with Gasteiger partial charge in [0, 0.05) is 25.0 Å². The second-order valence-electron chi connectivity index (χ2n) is 5.11. The maximum Gasteiger partial charge on any atom is 0.0372 e. The molecule has 0 aromatic carbocycles. The molecule has 4 heteroatoms. The van der Waals surface area contributed by atoms with Gasteiger partial charge in [0.2, 0.25) is 0 Å². The lowest BCUT2D eigenvalue weighted by Gasteiger charge is -2.32. The van der Waals surface area contributed by atoms with Crippen molar-refractivity contribution < 1.29 is 0 Å². The van der Waals surface area contributed by atoms with E-state index in [1.165, 1.54) is 31.5 Å². The smallest absolute Gasteiger partial charge is 0.0372 e. The average molecular weight is 270 g/mol. The molecule has 2 rings (SSSR count). The highest BCUT2D eigenvalue weighted by Gasteiger charge is 2.19. The van der Waals surface area contributed by atoms with Crippen LogP contribution in [0.1, 0.15) is 24.1 Å². The largest absolute Gasteiger partial charge is 0.319 e. The first-order valence-corrected chi connectivity index (χ1v) is 6.56. The van der Waals surface area contributed by atoms with Crippen LogP contribution in [0.25, 0.3) is 0 Å². The Bertz CT molecular complexity index is 337. The average Bonchev–Trinajstić information content (AvgIpc) is 2.33. The van der Waals surface area contributed by atoms with Gasteiger partial charge in [-0.15, -0.1) is 12.4 Å². The highest BCUT2D eigenvalue weighted by Crippen LogP contribution is 2.17. The predicted octanol–water partition coefficient (Wildman–Crippen LogP) is 2.24. The van der Waals surface area contributed by atoms with E-state index in [9.17, 15) is 0 Å². The first kappa shape index (κ1) is 15.4. The van der Waals surface area contributed by atoms with E-state index in [1.54, 1.807) is 0 Å². The Morgan fingerprint density at radius 3 is 2.94 bits per heavy atom. The van der Waals surface area contributed by atoms with Crippen molar-refractivity contribution in [1.82, 2.24) is 15.2 Å². The van der Waals surface area contributed by atoms with Gasteiger partial charge in [-0.2, -0.15) is 0 Å². The van der Waals surface area contributed by atoms with Crippen LogP contribution in [0.3, 0.4) is 0 Å². The lowest BCUT2D eigenvalue weighted by molar-refractivity contribution is 0.166. The van der Waals surface area contributed by atoms with Crippen LogP contribution >= 0.6 is 12.4 Å². The van der Waals surface area contributed by atoms with Crippen LogP contribution in [0, 0.1) is 12.8 Å². The Balaban J connectivity index is 0.00000162. The van der Waals surface area contributed by atoms with Crippen molar-refractivity contribution in [1.29, 1.82) is 0 Å². The molecule has 1 aromatic rings. The molecule has 1 fully saturated rings. The van der Waals surface area contributed by atoms with Crippen molar-refractivity contribution in [3.63, 3.8) is 0 Å². The van der Waals surface area contributed by atoms with Gasteiger partial charge in [-0.3, -0.25) is 9.88 Å². The van der Waals surface area contributed by atoms with Crippen LogP contribution in [0.15, 0.2) is 18.3 Å². The molecule has 0 spiro atoms. The van der Waals surface area contributed by atoms with Crippen LogP contribution in [-0.2, 0) is 6.54 Å². The van der Waals surface area contributed by atoms with E-state index in [4.69, 9.17) is 0 Å². The van der Waals surface area contributed by atoms with Crippen molar-refractivity contribution in [3.05, 3.63) is 29.6 Å². The summed E-state index contributed by atoms with van der Waals surface area (Å²) in [6.07, 6.45) is 4.70. The highest BCUT2D eigenvalue weighted by molar-refractivity contribution is 5.85. The van der Waals surface area contributed by atoms with E-state index >= 15 is 0 Å². The predicted molar refractivity (Wildman–Crippen MR) is 78.1 cm³/mol. The molecule has 1 aromatic heterocycles. The molecule has 18 heavy (non-hydrogen) atoms. The van der Waals surface area contributed by atoms with Gasteiger partial charge in [-0.1, -0.05) is 6.07 Å². The van der Waals surface area contributed by atoms with Gasteiger partial charge in [0.25, 0.3) is 0 Å². The molecule has 1 atom stereocenters. The number of halogens is 1. The molecule has 102 valence electrons. The number of nitrogens with zero attached hydrogens (tertiary/aromatic N) is 2. The van der Waals surface area contributed by atoms with Gasteiger partial charge in [0.1, 0.15) is 0 Å². The van der Waals surface area contributed by atoms with Gasteiger partial charge in [-0.05, 0) is 57.5 Å². The fourth-order valence-electron chi connectivity index (χ4n) is 2.60. The van der Waals surface area contributed by atoms with Crippen LogP contribution < -0.4 is 5.32 Å². The molecule has 1 unspecified atom stereocenters. The van der Waals surface area contributed by atoms with Crippen molar-refractivity contribution >= 4 is 12.4 Å². The summed E-state index contributed by atoms with van der Waals surface area (Å²) in [6.45, 7) is 6.67. The summed E-state index contributed by atoms with van der Waals surface area (Å²) in [5, 5.41) is 3.29. The lowest BCUT2D eigenvalue weighted by Crippen LogP contribution is -2.38. The van der Waals surface area contributed by atoms with Crippen molar-refractivity contribution in [2.45, 2.75) is 26.3 Å². The van der Waals surface area contributed by atoms with E-state index in [0.29, 0.717) is 0 Å². The van der Waals surface area contributed by atoms with E-state index in [0.717, 1.165) is 24.7 Å². The second kappa shape index (κ2) is 7.72. The molecule has 2 heterocycles. The number of piperidine rings is 1. The van der Waals surface area contributed by atoms with Crippen molar-refractivity contribution in [2.75, 3.05) is 26.7 Å². The number of nitrogens with one attached hydrogen (secondary N) is 1. The van der Waals surface area contributed by atoms with Gasteiger partial charge in [0.15, 0.2) is 0 Å². The summed E-state index contributed by atoms with van der Waals surface area (Å²) in [6, 6.07) is 4.30. The zero-order valence-corrected chi connectivity index (χ0v) is 12.2. The van der Waals surface area contributed by atoms with Crippen molar-refractivity contribution in [2.24, 2.45) is 5.92 Å². The number of likely N-dealkylation sites (tertiary alicyclic amines) is 1. The van der Waals surface area contributed by atoms with Gasteiger partial charge >= 0.3 is 0 Å². The number of aromatic nitrogens is 1. The fourth-order valence-corrected chi connectivity index (χ4v) is 2.60. The molecule has 0 saturated carbocycles. The number of hydrogen-bond donors (Lipinski definition) is 1. The molecule has 0 bridgehead atoms. The topological polar surface area (TPSA) is 28.2 Å². The standard InChI is InChI=1S/C14H23N3.ClH/c1-12-5-6-14(9-16-12)11-17-7-3-4-13(10-17)8-15-2;/h5-6,9,13,15H,3-4,7-8,10-11H2,1-2H3;1H. The number of rotatable bonds is 4. The summed E-state index contributed by atoms with van der Waals surface area (Å²) >= 11 is 0. The normalized spacial score (nSPS) is 20.4. The van der Waals surface area contributed by atoms with Gasteiger partial charge < -0.3 is 5.32 Å². The Morgan fingerprint density at radius 2 is 2.28 bits per heavy atom. The van der Waals surface area contributed by atoms with E-state index in [2.05, 4.69) is 27.3 Å². The monoisotopic (exact) mass is 269 g/mol. The molecule has 1 aliphatic heterocycles. The van der Waals surface area contributed by atoms with E-state index in [-0.39, 0.29) is 12.4 Å². The molecule has 1 N–H and O–H groups in total. The third kappa shape index (κ3) is 4.56. The summed E-state index contributed by atoms with van der Waals surface area (Å²) in [5.41, 5.74) is 2.43. The maximum atomic E-state index is 4.36. The number of pyridine rings is 1. The third-order valence-corrected chi connectivity index (χ3v) is 3.47. The Kier molecular flexibility index (Phi) is 6.61. The SMILES string of the molecule is CNCC1CCCN(Cc2ccc(C)nc2)C1.Cl. The lowest BCUT2D eigenvalue weighted by atomic mass is 9.98. The van der Waals surface area contributed by atoms with Gasteiger partial charge in [0.05, 0.1) is 0 Å². The molecule has 0 amide bonds. The Morgan fingerprint density at radius 1 is 1.44 bits per heavy atom. The molecular formula is C14H24ClN3. The molecule has 0 aliphatic carbocycles. The van der Waals surface area contributed by atoms with Crippen LogP contribution in [0.5, 0.6) is 0 Å². The van der Waals surface area contributed by atoms with E-state index in [1.807, 2.05) is 20.2 Å². The Hall–Kier alpha value is -0.640. The molecular weight excluding hydrogens is 246 g/mol. The Labute approximate surface area is 116 Å². The summed E-state index contributed by atoms with van der Waals surface area (Å²) in [7, 11) is 2.04. The highest BCUT2D eigenvalue weighted by atomic mass is 35.5. The minimum absolute atomic E-state index is 0. The van der Waals surface area contributed by atoms with Crippen LogP contribution in [-0.4, -0.2) is 36.6 Å². The summed E-state index contributed by atoms with van der Waals surface area (Å²) in [4.78, 5) is 6.91. The van der Waals surface area contributed by atoms with Crippen LogP contribution in [0.4, 0.5) is 0 Å². The number of aryl methyl sites for hydroxylation is 1. The molecule has 0 radical (unpaired) electrons. The summed E-state index contributed by atoms with van der Waals surface area (Å²) in [5.74, 6) is 0.812. The minimum Gasteiger partial charge on any atom is -0.319 e. The zero-order chi connectivity index (χ0) is 12.1. The fraction of sp³-hybridized carbons (Fsp3) is 0.643. The maximum absolute atomic E-state index is 4.36. The van der Waals surface area contributed by atoms with E-state index < -0.39 is 0 Å². The zero-order valence-electron chi connectivity index (χ0n) is 11.4.